The first-order valence-electron chi connectivity index (χ1n) is 7.64. The molecule has 0 aromatic heterocycles. The summed E-state index contributed by atoms with van der Waals surface area (Å²) in [6.45, 7) is 11.2. The van der Waals surface area contributed by atoms with Gasteiger partial charge in [-0.3, -0.25) is 4.79 Å². The molecule has 0 heterocycles. The molecular weight excluding hydrogens is 256 g/mol. The van der Waals surface area contributed by atoms with Gasteiger partial charge in [0.25, 0.3) is 0 Å². The van der Waals surface area contributed by atoms with Gasteiger partial charge >= 0.3 is 12.0 Å². The van der Waals surface area contributed by atoms with E-state index in [4.69, 9.17) is 5.11 Å². The summed E-state index contributed by atoms with van der Waals surface area (Å²) in [6.07, 6.45) is 2.54. The molecule has 20 heavy (non-hydrogen) atoms. The van der Waals surface area contributed by atoms with Crippen LogP contribution in [-0.2, 0) is 4.79 Å². The van der Waals surface area contributed by atoms with E-state index in [-0.39, 0.29) is 18.6 Å². The van der Waals surface area contributed by atoms with Gasteiger partial charge in [-0.05, 0) is 25.2 Å². The number of aliphatic carboxylic acids is 1. The van der Waals surface area contributed by atoms with Crippen LogP contribution in [-0.4, -0.2) is 52.6 Å². The van der Waals surface area contributed by atoms with E-state index in [0.29, 0.717) is 19.0 Å². The van der Waals surface area contributed by atoms with Crippen molar-refractivity contribution in [1.82, 2.24) is 9.80 Å². The first kappa shape index (κ1) is 18.7. The third kappa shape index (κ3) is 6.26. The molecule has 0 aliphatic rings. The van der Waals surface area contributed by atoms with Crippen LogP contribution in [0.3, 0.4) is 0 Å². The Balaban J connectivity index is 5.08. The average molecular weight is 286 g/mol. The predicted molar refractivity (Wildman–Crippen MR) is 80.8 cm³/mol. The second kappa shape index (κ2) is 9.61. The molecular formula is C15H30N2O3. The van der Waals surface area contributed by atoms with Crippen molar-refractivity contribution in [2.75, 3.05) is 19.6 Å². The van der Waals surface area contributed by atoms with Gasteiger partial charge in [-0.25, -0.2) is 4.79 Å². The Morgan fingerprint density at radius 1 is 1.10 bits per heavy atom. The Hall–Kier alpha value is -1.26. The fraction of sp³-hybridized carbons (Fsp3) is 0.867. The van der Waals surface area contributed by atoms with E-state index in [1.807, 2.05) is 11.8 Å². The molecule has 0 rings (SSSR count). The summed E-state index contributed by atoms with van der Waals surface area (Å²) in [4.78, 5) is 26.9. The van der Waals surface area contributed by atoms with Crippen molar-refractivity contribution in [2.24, 2.45) is 5.92 Å². The quantitative estimate of drug-likeness (QED) is 0.708. The smallest absolute Gasteiger partial charge is 0.323 e. The summed E-state index contributed by atoms with van der Waals surface area (Å²) in [5, 5.41) is 8.96. The normalized spacial score (nSPS) is 10.9. The van der Waals surface area contributed by atoms with E-state index in [1.54, 1.807) is 0 Å². The van der Waals surface area contributed by atoms with E-state index in [0.717, 1.165) is 19.3 Å². The number of hydrogen-bond donors (Lipinski definition) is 1. The second-order valence-electron chi connectivity index (χ2n) is 5.61. The van der Waals surface area contributed by atoms with Crippen molar-refractivity contribution < 1.29 is 14.7 Å². The number of carboxylic acid groups (broad SMARTS) is 1. The maximum atomic E-state index is 12.7. The lowest BCUT2D eigenvalue weighted by Crippen LogP contribution is -2.50. The molecule has 0 radical (unpaired) electrons. The van der Waals surface area contributed by atoms with Gasteiger partial charge in [0.15, 0.2) is 0 Å². The molecule has 0 atom stereocenters. The van der Waals surface area contributed by atoms with Crippen LogP contribution in [0.4, 0.5) is 4.79 Å². The molecule has 5 nitrogen and oxygen atoms in total. The fourth-order valence-corrected chi connectivity index (χ4v) is 2.36. The third-order valence-corrected chi connectivity index (χ3v) is 3.28. The number of nitrogens with zero attached hydrogens (tertiary/aromatic N) is 2. The number of carbonyl (C=O) groups excluding carboxylic acids is 1. The lowest BCUT2D eigenvalue weighted by Gasteiger charge is -2.36. The summed E-state index contributed by atoms with van der Waals surface area (Å²) >= 11 is 0. The molecule has 0 bridgehead atoms. The van der Waals surface area contributed by atoms with Gasteiger partial charge in [0, 0.05) is 19.1 Å². The minimum Gasteiger partial charge on any atom is -0.480 e. The number of carboxylic acids is 1. The van der Waals surface area contributed by atoms with Gasteiger partial charge < -0.3 is 14.9 Å². The van der Waals surface area contributed by atoms with E-state index in [2.05, 4.69) is 27.7 Å². The summed E-state index contributed by atoms with van der Waals surface area (Å²) in [7, 11) is 0. The summed E-state index contributed by atoms with van der Waals surface area (Å²) in [6, 6.07) is 0.0368. The third-order valence-electron chi connectivity index (χ3n) is 3.28. The molecule has 0 aromatic carbocycles. The monoisotopic (exact) mass is 286 g/mol. The van der Waals surface area contributed by atoms with Crippen molar-refractivity contribution in [1.29, 1.82) is 0 Å². The molecule has 118 valence electrons. The molecule has 1 N–H and O–H groups in total. The second-order valence-corrected chi connectivity index (χ2v) is 5.61. The maximum Gasteiger partial charge on any atom is 0.323 e. The summed E-state index contributed by atoms with van der Waals surface area (Å²) in [5.41, 5.74) is 0. The van der Waals surface area contributed by atoms with Crippen LogP contribution >= 0.6 is 0 Å². The Bertz CT molecular complexity index is 301. The topological polar surface area (TPSA) is 60.9 Å². The summed E-state index contributed by atoms with van der Waals surface area (Å²) < 4.78 is 0. The number of urea groups is 1. The van der Waals surface area contributed by atoms with E-state index < -0.39 is 5.97 Å². The Kier molecular flexibility index (Phi) is 9.01. The fourth-order valence-electron chi connectivity index (χ4n) is 2.36. The minimum absolute atomic E-state index is 0.142. The number of carbonyl (C=O) groups is 2. The van der Waals surface area contributed by atoms with Crippen molar-refractivity contribution >= 4 is 12.0 Å². The van der Waals surface area contributed by atoms with Crippen molar-refractivity contribution in [3.05, 3.63) is 0 Å². The lowest BCUT2D eigenvalue weighted by molar-refractivity contribution is -0.137. The first-order valence-corrected chi connectivity index (χ1v) is 7.64. The van der Waals surface area contributed by atoms with Crippen molar-refractivity contribution in [3.63, 3.8) is 0 Å². The van der Waals surface area contributed by atoms with E-state index in [1.165, 1.54) is 4.90 Å². The summed E-state index contributed by atoms with van der Waals surface area (Å²) in [5.74, 6) is -0.589. The number of amides is 2. The van der Waals surface area contributed by atoms with Crippen LogP contribution < -0.4 is 0 Å². The molecule has 0 aromatic rings. The van der Waals surface area contributed by atoms with Gasteiger partial charge in [0.2, 0.25) is 0 Å². The molecule has 0 saturated heterocycles. The maximum absolute atomic E-state index is 12.7. The van der Waals surface area contributed by atoms with Gasteiger partial charge in [-0.15, -0.1) is 0 Å². The van der Waals surface area contributed by atoms with Gasteiger partial charge in [0.05, 0.1) is 0 Å². The zero-order valence-corrected chi connectivity index (χ0v) is 13.6. The van der Waals surface area contributed by atoms with Gasteiger partial charge in [0.1, 0.15) is 6.54 Å². The van der Waals surface area contributed by atoms with E-state index in [9.17, 15) is 9.59 Å². The first-order chi connectivity index (χ1) is 9.37. The highest BCUT2D eigenvalue weighted by molar-refractivity contribution is 5.80. The number of rotatable bonds is 9. The Morgan fingerprint density at radius 3 is 2.00 bits per heavy atom. The van der Waals surface area contributed by atoms with Crippen LogP contribution in [0.15, 0.2) is 0 Å². The van der Waals surface area contributed by atoms with Crippen LogP contribution in [0.25, 0.3) is 0 Å². The molecule has 0 unspecified atom stereocenters. The van der Waals surface area contributed by atoms with Gasteiger partial charge in [-0.2, -0.15) is 0 Å². The lowest BCUT2D eigenvalue weighted by atomic mass is 10.1. The van der Waals surface area contributed by atoms with Gasteiger partial charge in [-0.1, -0.05) is 34.6 Å². The largest absolute Gasteiger partial charge is 0.480 e. The Labute approximate surface area is 122 Å². The molecule has 5 heteroatoms. The molecule has 0 fully saturated rings. The molecule has 2 amide bonds. The zero-order valence-electron chi connectivity index (χ0n) is 13.6. The standard InChI is InChI=1S/C15H30N2O3/c1-6-9-16(11-14(18)19)15(20)17(10-12(4)5)13(7-2)8-3/h12-13H,6-11H2,1-5H3,(H,18,19). The Morgan fingerprint density at radius 2 is 1.65 bits per heavy atom. The molecule has 0 spiro atoms. The van der Waals surface area contributed by atoms with Crippen LogP contribution in [0.1, 0.15) is 53.9 Å². The minimum atomic E-state index is -0.958. The highest BCUT2D eigenvalue weighted by atomic mass is 16.4. The predicted octanol–water partition coefficient (Wildman–Crippen LogP) is 3.05. The van der Waals surface area contributed by atoms with Crippen molar-refractivity contribution in [3.8, 4) is 0 Å². The van der Waals surface area contributed by atoms with Crippen LogP contribution in [0.5, 0.6) is 0 Å². The molecule has 0 aliphatic carbocycles. The highest BCUT2D eigenvalue weighted by Crippen LogP contribution is 2.14. The highest BCUT2D eigenvalue weighted by Gasteiger charge is 2.27. The van der Waals surface area contributed by atoms with Crippen LogP contribution in [0.2, 0.25) is 0 Å². The van der Waals surface area contributed by atoms with Crippen molar-refractivity contribution in [2.45, 2.75) is 59.9 Å². The molecule has 0 aliphatic heterocycles. The van der Waals surface area contributed by atoms with Crippen LogP contribution in [0, 0.1) is 5.92 Å². The average Bonchev–Trinajstić information content (AvgIpc) is 2.36. The molecule has 0 saturated carbocycles. The van der Waals surface area contributed by atoms with E-state index >= 15 is 0 Å². The number of hydrogen-bond acceptors (Lipinski definition) is 2. The SMILES string of the molecule is CCCN(CC(=O)O)C(=O)N(CC(C)C)C(CC)CC. The zero-order chi connectivity index (χ0) is 15.7.